The first-order chi connectivity index (χ1) is 10.2. The van der Waals surface area contributed by atoms with Gasteiger partial charge in [0.05, 0.1) is 12.9 Å². The van der Waals surface area contributed by atoms with E-state index in [-0.39, 0.29) is 5.78 Å². The molecule has 2 aromatic carbocycles. The molecule has 110 valence electrons. The van der Waals surface area contributed by atoms with Crippen LogP contribution in [0.15, 0.2) is 57.9 Å². The fourth-order valence-electron chi connectivity index (χ4n) is 1.84. The lowest BCUT2D eigenvalue weighted by atomic mass is 10.1. The number of aryl methyl sites for hydroxylation is 1. The second kappa shape index (κ2) is 8.25. The molecule has 0 heterocycles. The van der Waals surface area contributed by atoms with Gasteiger partial charge < -0.3 is 4.74 Å². The largest absolute Gasteiger partial charge is 0.497 e. The Morgan fingerprint density at radius 3 is 2.38 bits per heavy atom. The number of Topliss-reactive ketones (excluding diaryl/α,β-unsaturated/α-hetero) is 1. The van der Waals surface area contributed by atoms with Crippen molar-refractivity contribution < 1.29 is 9.53 Å². The molecule has 0 bridgehead atoms. The average Bonchev–Trinajstić information content (AvgIpc) is 2.53. The predicted molar refractivity (Wildman–Crippen MR) is 91.2 cm³/mol. The van der Waals surface area contributed by atoms with E-state index in [2.05, 4.69) is 15.9 Å². The van der Waals surface area contributed by atoms with Crippen LogP contribution in [0.2, 0.25) is 0 Å². The third kappa shape index (κ3) is 5.56. The summed E-state index contributed by atoms with van der Waals surface area (Å²) in [4.78, 5) is 13.0. The van der Waals surface area contributed by atoms with Gasteiger partial charge in [-0.05, 0) is 48.4 Å². The van der Waals surface area contributed by atoms with Crippen molar-refractivity contribution in [1.82, 2.24) is 0 Å². The van der Waals surface area contributed by atoms with E-state index in [0.717, 1.165) is 27.1 Å². The summed E-state index contributed by atoms with van der Waals surface area (Å²) < 4.78 is 6.17. The predicted octanol–water partition coefficient (Wildman–Crippen LogP) is 4.75. The van der Waals surface area contributed by atoms with Gasteiger partial charge in [-0.1, -0.05) is 28.1 Å². The molecule has 2 nitrogen and oxygen atoms in total. The first-order valence-electron chi connectivity index (χ1n) is 6.70. The molecule has 0 saturated carbocycles. The molecule has 0 atom stereocenters. The van der Waals surface area contributed by atoms with Crippen LogP contribution < -0.4 is 4.74 Å². The Morgan fingerprint density at radius 2 is 1.76 bits per heavy atom. The minimum absolute atomic E-state index is 0.277. The van der Waals surface area contributed by atoms with Crippen LogP contribution in [0.25, 0.3) is 0 Å². The summed E-state index contributed by atoms with van der Waals surface area (Å²) in [5.74, 6) is 1.65. The molecule has 0 fully saturated rings. The quantitative estimate of drug-likeness (QED) is 0.663. The van der Waals surface area contributed by atoms with Crippen molar-refractivity contribution in [2.24, 2.45) is 0 Å². The molecule has 0 aliphatic heterocycles. The number of hydrogen-bond acceptors (Lipinski definition) is 3. The lowest BCUT2D eigenvalue weighted by molar-refractivity contribution is -0.116. The number of halogens is 1. The first kappa shape index (κ1) is 16.1. The maximum atomic E-state index is 11.9. The number of methoxy groups -OCH3 is 1. The molecule has 0 N–H and O–H groups in total. The third-order valence-electron chi connectivity index (χ3n) is 3.07. The molecule has 2 aromatic rings. The topological polar surface area (TPSA) is 26.3 Å². The molecule has 21 heavy (non-hydrogen) atoms. The summed E-state index contributed by atoms with van der Waals surface area (Å²) >= 11 is 4.99. The minimum Gasteiger partial charge on any atom is -0.497 e. The van der Waals surface area contributed by atoms with Crippen LogP contribution >= 0.6 is 27.7 Å². The third-order valence-corrected chi connectivity index (χ3v) is 4.67. The fraction of sp³-hybridized carbons (Fsp3) is 0.235. The second-order valence-electron chi connectivity index (χ2n) is 4.63. The second-order valence-corrected chi connectivity index (χ2v) is 6.59. The average molecular weight is 365 g/mol. The van der Waals surface area contributed by atoms with Gasteiger partial charge in [-0.2, -0.15) is 0 Å². The first-order valence-corrected chi connectivity index (χ1v) is 8.48. The van der Waals surface area contributed by atoms with E-state index in [1.54, 1.807) is 18.9 Å². The summed E-state index contributed by atoms with van der Waals surface area (Å²) in [5, 5.41) is 0. The van der Waals surface area contributed by atoms with Crippen LogP contribution in [0.1, 0.15) is 12.0 Å². The Labute approximate surface area is 138 Å². The van der Waals surface area contributed by atoms with E-state index in [1.807, 2.05) is 48.5 Å². The van der Waals surface area contributed by atoms with Gasteiger partial charge in [0.2, 0.25) is 0 Å². The SMILES string of the molecule is COc1ccc(CCC(=O)CSc2ccc(Br)cc2)cc1. The van der Waals surface area contributed by atoms with Gasteiger partial charge in [0.1, 0.15) is 11.5 Å². The highest BCUT2D eigenvalue weighted by Gasteiger charge is 2.04. The van der Waals surface area contributed by atoms with Crippen LogP contribution in [-0.4, -0.2) is 18.6 Å². The van der Waals surface area contributed by atoms with E-state index in [0.29, 0.717) is 12.2 Å². The maximum Gasteiger partial charge on any atom is 0.143 e. The lowest BCUT2D eigenvalue weighted by Crippen LogP contribution is -2.03. The number of ether oxygens (including phenoxy) is 1. The van der Waals surface area contributed by atoms with Crippen molar-refractivity contribution in [2.75, 3.05) is 12.9 Å². The van der Waals surface area contributed by atoms with Gasteiger partial charge in [0, 0.05) is 15.8 Å². The van der Waals surface area contributed by atoms with Crippen molar-refractivity contribution in [2.45, 2.75) is 17.7 Å². The van der Waals surface area contributed by atoms with Crippen molar-refractivity contribution >= 4 is 33.5 Å². The van der Waals surface area contributed by atoms with Crippen molar-refractivity contribution in [3.8, 4) is 5.75 Å². The summed E-state index contributed by atoms with van der Waals surface area (Å²) in [5.41, 5.74) is 1.16. The summed E-state index contributed by atoms with van der Waals surface area (Å²) in [6, 6.07) is 15.9. The number of thioether (sulfide) groups is 1. The van der Waals surface area contributed by atoms with Crippen LogP contribution in [-0.2, 0) is 11.2 Å². The monoisotopic (exact) mass is 364 g/mol. The van der Waals surface area contributed by atoms with Gasteiger partial charge in [-0.25, -0.2) is 0 Å². The zero-order chi connectivity index (χ0) is 15.1. The standard InChI is InChI=1S/C17H17BrO2S/c1-20-16-8-3-13(4-9-16)2-7-15(19)12-21-17-10-5-14(18)6-11-17/h3-6,8-11H,2,7,12H2,1H3. The fourth-order valence-corrected chi connectivity index (χ4v) is 2.91. The Balaban J connectivity index is 1.75. The van der Waals surface area contributed by atoms with Crippen LogP contribution in [0, 0.1) is 0 Å². The van der Waals surface area contributed by atoms with Crippen LogP contribution in [0.4, 0.5) is 0 Å². The van der Waals surface area contributed by atoms with E-state index in [9.17, 15) is 4.79 Å². The summed E-state index contributed by atoms with van der Waals surface area (Å²) in [6.45, 7) is 0. The van der Waals surface area contributed by atoms with E-state index in [4.69, 9.17) is 4.74 Å². The summed E-state index contributed by atoms with van der Waals surface area (Å²) in [7, 11) is 1.65. The Hall–Kier alpha value is -1.26. The normalized spacial score (nSPS) is 10.4. The molecule has 0 saturated heterocycles. The molecule has 0 unspecified atom stereocenters. The Kier molecular flexibility index (Phi) is 6.33. The van der Waals surface area contributed by atoms with Crippen LogP contribution in [0.3, 0.4) is 0 Å². The lowest BCUT2D eigenvalue weighted by Gasteiger charge is -2.04. The molecular formula is C17H17BrO2S. The van der Waals surface area contributed by atoms with Crippen molar-refractivity contribution in [1.29, 1.82) is 0 Å². The number of hydrogen-bond donors (Lipinski definition) is 0. The van der Waals surface area contributed by atoms with Gasteiger partial charge >= 0.3 is 0 Å². The highest BCUT2D eigenvalue weighted by Crippen LogP contribution is 2.21. The minimum atomic E-state index is 0.277. The number of ketones is 1. The highest BCUT2D eigenvalue weighted by molar-refractivity contribution is 9.10. The molecule has 0 aromatic heterocycles. The van der Waals surface area contributed by atoms with Crippen molar-refractivity contribution in [3.63, 3.8) is 0 Å². The van der Waals surface area contributed by atoms with E-state index < -0.39 is 0 Å². The Bertz CT molecular complexity index is 579. The van der Waals surface area contributed by atoms with Gasteiger partial charge in [0.15, 0.2) is 0 Å². The number of carbonyl (C=O) groups excluding carboxylic acids is 1. The summed E-state index contributed by atoms with van der Waals surface area (Å²) in [6.07, 6.45) is 1.36. The van der Waals surface area contributed by atoms with Crippen LogP contribution in [0.5, 0.6) is 5.75 Å². The van der Waals surface area contributed by atoms with E-state index in [1.165, 1.54) is 0 Å². The molecule has 0 amide bonds. The molecule has 0 aliphatic rings. The van der Waals surface area contributed by atoms with Gasteiger partial charge in [-0.15, -0.1) is 11.8 Å². The Morgan fingerprint density at radius 1 is 1.10 bits per heavy atom. The number of benzene rings is 2. The zero-order valence-corrected chi connectivity index (χ0v) is 14.2. The highest BCUT2D eigenvalue weighted by atomic mass is 79.9. The molecule has 2 rings (SSSR count). The van der Waals surface area contributed by atoms with Crippen molar-refractivity contribution in [3.05, 3.63) is 58.6 Å². The van der Waals surface area contributed by atoms with E-state index >= 15 is 0 Å². The van der Waals surface area contributed by atoms with Gasteiger partial charge in [0.25, 0.3) is 0 Å². The maximum absolute atomic E-state index is 11.9. The number of rotatable bonds is 7. The zero-order valence-electron chi connectivity index (χ0n) is 11.8. The molecule has 4 heteroatoms. The molecule has 0 spiro atoms. The number of carbonyl (C=O) groups is 1. The molecular weight excluding hydrogens is 348 g/mol. The molecule has 0 radical (unpaired) electrons. The molecule has 0 aliphatic carbocycles. The smallest absolute Gasteiger partial charge is 0.143 e. The van der Waals surface area contributed by atoms with Gasteiger partial charge in [-0.3, -0.25) is 4.79 Å².